The number of hydrogen-bond acceptors (Lipinski definition) is 6. The van der Waals surface area contributed by atoms with E-state index in [-0.39, 0.29) is 17.8 Å². The van der Waals surface area contributed by atoms with Gasteiger partial charge in [-0.2, -0.15) is 15.0 Å². The van der Waals surface area contributed by atoms with Crippen molar-refractivity contribution in [2.45, 2.75) is 44.8 Å². The normalized spacial score (nSPS) is 16.1. The van der Waals surface area contributed by atoms with E-state index < -0.39 is 5.67 Å². The van der Waals surface area contributed by atoms with Crippen molar-refractivity contribution in [2.75, 3.05) is 17.7 Å². The van der Waals surface area contributed by atoms with Gasteiger partial charge in [0.05, 0.1) is 6.04 Å². The Labute approximate surface area is 147 Å². The second kappa shape index (κ2) is 7.21. The molecule has 1 aliphatic carbocycles. The number of nitrogens with two attached hydrogens (primary N) is 1. The molecule has 1 aliphatic rings. The number of nitrogens with one attached hydrogen (secondary N) is 1. The van der Waals surface area contributed by atoms with Gasteiger partial charge in [-0.15, -0.1) is 0 Å². The van der Waals surface area contributed by atoms with Crippen molar-refractivity contribution in [2.24, 2.45) is 5.92 Å². The largest absolute Gasteiger partial charge is 0.491 e. The van der Waals surface area contributed by atoms with Crippen LogP contribution in [0.1, 0.15) is 38.9 Å². The van der Waals surface area contributed by atoms with Crippen molar-refractivity contribution < 1.29 is 9.13 Å². The molecule has 3 rings (SSSR count). The van der Waals surface area contributed by atoms with E-state index in [4.69, 9.17) is 10.5 Å². The number of benzene rings is 1. The molecule has 0 bridgehead atoms. The van der Waals surface area contributed by atoms with Crippen LogP contribution < -0.4 is 15.8 Å². The number of rotatable bonds is 7. The molecule has 1 atom stereocenters. The zero-order chi connectivity index (χ0) is 17.9. The molecule has 0 saturated heterocycles. The third-order valence-electron chi connectivity index (χ3n) is 4.39. The van der Waals surface area contributed by atoms with Gasteiger partial charge in [-0.05, 0) is 44.7 Å². The summed E-state index contributed by atoms with van der Waals surface area (Å²) < 4.78 is 20.0. The lowest BCUT2D eigenvalue weighted by atomic mass is 9.80. The van der Waals surface area contributed by atoms with E-state index in [1.54, 1.807) is 0 Å². The minimum Gasteiger partial charge on any atom is -0.491 e. The van der Waals surface area contributed by atoms with Gasteiger partial charge in [-0.1, -0.05) is 24.6 Å². The number of hydrogen-bond donors (Lipinski definition) is 2. The molecule has 7 heteroatoms. The van der Waals surface area contributed by atoms with Crippen LogP contribution in [-0.4, -0.2) is 27.6 Å². The van der Waals surface area contributed by atoms with Crippen molar-refractivity contribution in [1.82, 2.24) is 15.0 Å². The van der Waals surface area contributed by atoms with Crippen molar-refractivity contribution in [3.05, 3.63) is 36.2 Å². The van der Waals surface area contributed by atoms with E-state index in [1.807, 2.05) is 30.3 Å². The minimum atomic E-state index is -1.68. The molecule has 1 saturated carbocycles. The fourth-order valence-electron chi connectivity index (χ4n) is 2.73. The highest BCUT2D eigenvalue weighted by molar-refractivity contribution is 5.34. The van der Waals surface area contributed by atoms with Crippen LogP contribution in [-0.2, 0) is 5.67 Å². The van der Waals surface area contributed by atoms with E-state index >= 15 is 0 Å². The van der Waals surface area contributed by atoms with Crippen molar-refractivity contribution in [1.29, 1.82) is 0 Å². The molecule has 1 heterocycles. The SMILES string of the molecule is CC(C)(F)c1nc(N)nc(N[C@H](COc2ccccc2)C2CCC2)n1. The second-order valence-corrected chi connectivity index (χ2v) is 6.88. The Morgan fingerprint density at radius 1 is 1.24 bits per heavy atom. The summed E-state index contributed by atoms with van der Waals surface area (Å²) in [6.45, 7) is 3.27. The smallest absolute Gasteiger partial charge is 0.228 e. The molecule has 25 heavy (non-hydrogen) atoms. The van der Waals surface area contributed by atoms with Crippen LogP contribution in [0.5, 0.6) is 5.75 Å². The summed E-state index contributed by atoms with van der Waals surface area (Å²) in [6, 6.07) is 9.69. The quantitative estimate of drug-likeness (QED) is 0.801. The molecule has 1 aromatic heterocycles. The standard InChI is InChI=1S/C18H24FN5O/c1-18(2,19)15-22-16(20)24-17(23-15)21-14(12-7-6-8-12)11-25-13-9-4-3-5-10-13/h3-5,9-10,12,14H,6-8,11H2,1-2H3,(H3,20,21,22,23,24)/t14-/m1/s1. The van der Waals surface area contributed by atoms with Gasteiger partial charge in [-0.3, -0.25) is 0 Å². The number of nitrogen functional groups attached to an aromatic ring is 1. The Morgan fingerprint density at radius 3 is 2.56 bits per heavy atom. The van der Waals surface area contributed by atoms with Crippen LogP contribution in [0, 0.1) is 5.92 Å². The zero-order valence-corrected chi connectivity index (χ0v) is 14.6. The maximum absolute atomic E-state index is 14.2. The first-order valence-electron chi connectivity index (χ1n) is 8.57. The first-order chi connectivity index (χ1) is 11.9. The summed E-state index contributed by atoms with van der Waals surface area (Å²) in [5.74, 6) is 1.62. The molecule has 0 spiro atoms. The number of halogens is 1. The average Bonchev–Trinajstić information content (AvgIpc) is 2.50. The first-order valence-corrected chi connectivity index (χ1v) is 8.57. The number of para-hydroxylation sites is 1. The number of alkyl halides is 1. The zero-order valence-electron chi connectivity index (χ0n) is 14.6. The highest BCUT2D eigenvalue weighted by Crippen LogP contribution is 2.31. The Morgan fingerprint density at radius 2 is 1.96 bits per heavy atom. The highest BCUT2D eigenvalue weighted by Gasteiger charge is 2.30. The van der Waals surface area contributed by atoms with Crippen LogP contribution in [0.15, 0.2) is 30.3 Å². The molecule has 6 nitrogen and oxygen atoms in total. The summed E-state index contributed by atoms with van der Waals surface area (Å²) in [7, 11) is 0. The first kappa shape index (κ1) is 17.4. The maximum atomic E-state index is 14.2. The number of anilines is 2. The monoisotopic (exact) mass is 345 g/mol. The van der Waals surface area contributed by atoms with Crippen LogP contribution in [0.2, 0.25) is 0 Å². The second-order valence-electron chi connectivity index (χ2n) is 6.88. The molecule has 134 valence electrons. The Bertz CT molecular complexity index is 700. The summed E-state index contributed by atoms with van der Waals surface area (Å²) in [4.78, 5) is 12.2. The van der Waals surface area contributed by atoms with Gasteiger partial charge in [0, 0.05) is 0 Å². The molecule has 2 aromatic rings. The molecular weight excluding hydrogens is 321 g/mol. The lowest BCUT2D eigenvalue weighted by molar-refractivity contribution is 0.198. The Kier molecular flexibility index (Phi) is 5.01. The van der Waals surface area contributed by atoms with E-state index in [2.05, 4.69) is 20.3 Å². The fraction of sp³-hybridized carbons (Fsp3) is 0.500. The molecule has 0 aliphatic heterocycles. The van der Waals surface area contributed by atoms with Gasteiger partial charge in [0.25, 0.3) is 0 Å². The number of aromatic nitrogens is 3. The Hall–Kier alpha value is -2.44. The van der Waals surface area contributed by atoms with Crippen LogP contribution in [0.25, 0.3) is 0 Å². The highest BCUT2D eigenvalue weighted by atomic mass is 19.1. The molecule has 0 radical (unpaired) electrons. The molecule has 0 unspecified atom stereocenters. The minimum absolute atomic E-state index is 0.00885. The van der Waals surface area contributed by atoms with E-state index in [0.717, 1.165) is 18.6 Å². The summed E-state index contributed by atoms with van der Waals surface area (Å²) in [6.07, 6.45) is 3.45. The molecule has 1 aromatic carbocycles. The number of ether oxygens (including phenoxy) is 1. The fourth-order valence-corrected chi connectivity index (χ4v) is 2.73. The van der Waals surface area contributed by atoms with E-state index in [1.165, 1.54) is 20.3 Å². The predicted molar refractivity (Wildman–Crippen MR) is 95.1 cm³/mol. The summed E-state index contributed by atoms with van der Waals surface area (Å²) in [5, 5.41) is 3.27. The lowest BCUT2D eigenvalue weighted by Gasteiger charge is -2.34. The van der Waals surface area contributed by atoms with E-state index in [0.29, 0.717) is 18.5 Å². The van der Waals surface area contributed by atoms with Gasteiger partial charge in [0.1, 0.15) is 12.4 Å². The Balaban J connectivity index is 1.73. The van der Waals surface area contributed by atoms with Gasteiger partial charge in [-0.25, -0.2) is 4.39 Å². The predicted octanol–water partition coefficient (Wildman–Crippen LogP) is 3.32. The van der Waals surface area contributed by atoms with Crippen molar-refractivity contribution in [3.63, 3.8) is 0 Å². The van der Waals surface area contributed by atoms with Gasteiger partial charge < -0.3 is 15.8 Å². The molecule has 1 fully saturated rings. The third-order valence-corrected chi connectivity index (χ3v) is 4.39. The topological polar surface area (TPSA) is 86.0 Å². The summed E-state index contributed by atoms with van der Waals surface area (Å²) >= 11 is 0. The van der Waals surface area contributed by atoms with Gasteiger partial charge in [0.15, 0.2) is 11.5 Å². The summed E-state index contributed by atoms with van der Waals surface area (Å²) in [5.41, 5.74) is 4.04. The van der Waals surface area contributed by atoms with Crippen LogP contribution in [0.4, 0.5) is 16.3 Å². The van der Waals surface area contributed by atoms with E-state index in [9.17, 15) is 4.39 Å². The number of nitrogens with zero attached hydrogens (tertiary/aromatic N) is 3. The third kappa shape index (κ3) is 4.55. The maximum Gasteiger partial charge on any atom is 0.228 e. The molecular formula is C18H24FN5O. The van der Waals surface area contributed by atoms with Crippen LogP contribution >= 0.6 is 0 Å². The van der Waals surface area contributed by atoms with Crippen molar-refractivity contribution in [3.8, 4) is 5.75 Å². The van der Waals surface area contributed by atoms with Gasteiger partial charge >= 0.3 is 0 Å². The molecule has 0 amide bonds. The lowest BCUT2D eigenvalue weighted by Crippen LogP contribution is -2.39. The van der Waals surface area contributed by atoms with Gasteiger partial charge in [0.2, 0.25) is 11.9 Å². The average molecular weight is 345 g/mol. The van der Waals surface area contributed by atoms with Crippen molar-refractivity contribution >= 4 is 11.9 Å². The van der Waals surface area contributed by atoms with Crippen LogP contribution in [0.3, 0.4) is 0 Å². The molecule has 3 N–H and O–H groups in total.